The Balaban J connectivity index is 2.81. The van der Waals surface area contributed by atoms with Crippen molar-refractivity contribution in [3.8, 4) is 0 Å². The number of pyridine rings is 1. The molecule has 2 aromatic rings. The molecule has 2 rings (SSSR count). The maximum atomic E-state index is 4.53. The zero-order valence-corrected chi connectivity index (χ0v) is 10.7. The molecule has 2 nitrogen and oxygen atoms in total. The fraction of sp³-hybridized carbons (Fsp3) is 0.364. The van der Waals surface area contributed by atoms with Crippen LogP contribution in [-0.4, -0.2) is 9.38 Å². The van der Waals surface area contributed by atoms with Crippen LogP contribution in [0.25, 0.3) is 5.65 Å². The lowest BCUT2D eigenvalue weighted by Crippen LogP contribution is -2.15. The fourth-order valence-corrected chi connectivity index (χ4v) is 2.95. The summed E-state index contributed by atoms with van der Waals surface area (Å²) < 4.78 is 3.27. The fourth-order valence-electron chi connectivity index (χ4n) is 1.64. The zero-order valence-electron chi connectivity index (χ0n) is 8.58. The van der Waals surface area contributed by atoms with E-state index in [0.29, 0.717) is 0 Å². The number of nitrogens with zero attached hydrogens (tertiary/aromatic N) is 2. The van der Waals surface area contributed by atoms with Gasteiger partial charge in [0.1, 0.15) is 9.35 Å². The van der Waals surface area contributed by atoms with Gasteiger partial charge in [-0.25, -0.2) is 4.98 Å². The van der Waals surface area contributed by atoms with E-state index in [2.05, 4.69) is 58.9 Å². The molecule has 0 aliphatic rings. The van der Waals surface area contributed by atoms with Crippen molar-refractivity contribution in [3.63, 3.8) is 0 Å². The Morgan fingerprint density at radius 1 is 1.29 bits per heavy atom. The van der Waals surface area contributed by atoms with Crippen LogP contribution in [0.5, 0.6) is 0 Å². The summed E-state index contributed by atoms with van der Waals surface area (Å²) in [5, 5.41) is 0. The first-order valence-electron chi connectivity index (χ1n) is 4.63. The third-order valence-corrected chi connectivity index (χ3v) is 2.95. The van der Waals surface area contributed by atoms with Crippen molar-refractivity contribution in [1.29, 1.82) is 0 Å². The van der Waals surface area contributed by atoms with Crippen molar-refractivity contribution < 1.29 is 0 Å². The Labute approximate surface area is 97.5 Å². The molecule has 74 valence electrons. The molecule has 0 aromatic carbocycles. The predicted octanol–water partition coefficient (Wildman–Crippen LogP) is 3.24. The van der Waals surface area contributed by atoms with Gasteiger partial charge in [-0.05, 0) is 34.7 Å². The highest BCUT2D eigenvalue weighted by atomic mass is 127. The van der Waals surface area contributed by atoms with E-state index in [0.717, 1.165) is 9.35 Å². The molecule has 0 fully saturated rings. The van der Waals surface area contributed by atoms with Gasteiger partial charge in [0.05, 0.1) is 5.69 Å². The number of rotatable bonds is 0. The average Bonchev–Trinajstić information content (AvgIpc) is 2.38. The number of fused-ring (bicyclic) bond motifs is 1. The summed E-state index contributed by atoms with van der Waals surface area (Å²) in [7, 11) is 0. The van der Waals surface area contributed by atoms with E-state index in [1.807, 2.05) is 18.2 Å². The van der Waals surface area contributed by atoms with Gasteiger partial charge >= 0.3 is 0 Å². The SMILES string of the molecule is CC(C)(C)c1c(I)nc2ccccn12. The van der Waals surface area contributed by atoms with E-state index in [4.69, 9.17) is 0 Å². The van der Waals surface area contributed by atoms with Gasteiger partial charge in [0.15, 0.2) is 0 Å². The largest absolute Gasteiger partial charge is 0.302 e. The Hall–Kier alpha value is -0.580. The second-order valence-corrected chi connectivity index (χ2v) is 5.45. The second-order valence-electron chi connectivity index (χ2n) is 4.43. The molecule has 3 heteroatoms. The molecule has 0 atom stereocenters. The van der Waals surface area contributed by atoms with Crippen LogP contribution in [0.15, 0.2) is 24.4 Å². The molecule has 0 unspecified atom stereocenters. The van der Waals surface area contributed by atoms with Crippen LogP contribution >= 0.6 is 22.6 Å². The van der Waals surface area contributed by atoms with Crippen LogP contribution in [-0.2, 0) is 5.41 Å². The molecule has 0 spiro atoms. The van der Waals surface area contributed by atoms with Gasteiger partial charge in [-0.3, -0.25) is 0 Å². The summed E-state index contributed by atoms with van der Waals surface area (Å²) in [5.41, 5.74) is 2.45. The molecule has 2 heterocycles. The number of imidazole rings is 1. The number of hydrogen-bond acceptors (Lipinski definition) is 1. The van der Waals surface area contributed by atoms with Crippen molar-refractivity contribution in [2.45, 2.75) is 26.2 Å². The predicted molar refractivity (Wildman–Crippen MR) is 66.6 cm³/mol. The summed E-state index contributed by atoms with van der Waals surface area (Å²) in [5.74, 6) is 0. The molecule has 0 aliphatic carbocycles. The van der Waals surface area contributed by atoms with Crippen LogP contribution in [0, 0.1) is 3.70 Å². The van der Waals surface area contributed by atoms with Crippen LogP contribution < -0.4 is 0 Å². The van der Waals surface area contributed by atoms with E-state index < -0.39 is 0 Å². The van der Waals surface area contributed by atoms with E-state index in [1.165, 1.54) is 5.69 Å². The van der Waals surface area contributed by atoms with Gasteiger partial charge in [-0.2, -0.15) is 0 Å². The molecule has 0 saturated heterocycles. The normalized spacial score (nSPS) is 12.3. The standard InChI is InChI=1S/C11H13IN2/c1-11(2,3)9-10(12)13-8-6-4-5-7-14(8)9/h4-7H,1-3H3. The molecule has 0 radical (unpaired) electrons. The number of aromatic nitrogens is 2. The first kappa shape index (κ1) is 9.96. The van der Waals surface area contributed by atoms with Crippen molar-refractivity contribution >= 4 is 28.2 Å². The number of hydrogen-bond donors (Lipinski definition) is 0. The van der Waals surface area contributed by atoms with Gasteiger partial charge < -0.3 is 4.40 Å². The molecule has 14 heavy (non-hydrogen) atoms. The highest BCUT2D eigenvalue weighted by molar-refractivity contribution is 14.1. The average molecular weight is 300 g/mol. The molecule has 0 N–H and O–H groups in total. The monoisotopic (exact) mass is 300 g/mol. The molecule has 0 bridgehead atoms. The molecule has 0 saturated carbocycles. The molecular weight excluding hydrogens is 287 g/mol. The second kappa shape index (κ2) is 3.22. The van der Waals surface area contributed by atoms with E-state index in [-0.39, 0.29) is 5.41 Å². The van der Waals surface area contributed by atoms with Crippen LogP contribution in [0.3, 0.4) is 0 Å². The number of halogens is 1. The summed E-state index contributed by atoms with van der Waals surface area (Å²) in [6.07, 6.45) is 2.07. The summed E-state index contributed by atoms with van der Waals surface area (Å²) in [6, 6.07) is 6.10. The quantitative estimate of drug-likeness (QED) is 0.683. The van der Waals surface area contributed by atoms with Gasteiger partial charge in [-0.15, -0.1) is 0 Å². The van der Waals surface area contributed by atoms with Crippen molar-refractivity contribution in [2.75, 3.05) is 0 Å². The van der Waals surface area contributed by atoms with Gasteiger partial charge in [0, 0.05) is 11.6 Å². The van der Waals surface area contributed by atoms with Crippen molar-refractivity contribution in [1.82, 2.24) is 9.38 Å². The van der Waals surface area contributed by atoms with Crippen molar-refractivity contribution in [2.24, 2.45) is 0 Å². The minimum Gasteiger partial charge on any atom is -0.302 e. The smallest absolute Gasteiger partial charge is 0.138 e. The lowest BCUT2D eigenvalue weighted by atomic mass is 9.93. The Kier molecular flexibility index (Phi) is 2.29. The lowest BCUT2D eigenvalue weighted by molar-refractivity contribution is 0.559. The van der Waals surface area contributed by atoms with E-state index in [1.54, 1.807) is 0 Å². The van der Waals surface area contributed by atoms with Crippen LogP contribution in [0.4, 0.5) is 0 Å². The third kappa shape index (κ3) is 1.54. The third-order valence-electron chi connectivity index (χ3n) is 2.20. The highest BCUT2D eigenvalue weighted by Crippen LogP contribution is 2.27. The van der Waals surface area contributed by atoms with Crippen molar-refractivity contribution in [3.05, 3.63) is 33.8 Å². The van der Waals surface area contributed by atoms with Gasteiger partial charge in [-0.1, -0.05) is 26.8 Å². The summed E-state index contributed by atoms with van der Waals surface area (Å²) >= 11 is 2.31. The zero-order chi connectivity index (χ0) is 10.3. The highest BCUT2D eigenvalue weighted by Gasteiger charge is 2.22. The van der Waals surface area contributed by atoms with Gasteiger partial charge in [0.2, 0.25) is 0 Å². The lowest BCUT2D eigenvalue weighted by Gasteiger charge is -2.18. The molecular formula is C11H13IN2. The van der Waals surface area contributed by atoms with E-state index >= 15 is 0 Å². The Morgan fingerprint density at radius 2 is 2.00 bits per heavy atom. The first-order valence-corrected chi connectivity index (χ1v) is 5.71. The molecule has 0 aliphatic heterocycles. The maximum absolute atomic E-state index is 4.53. The maximum Gasteiger partial charge on any atom is 0.138 e. The first-order chi connectivity index (χ1) is 6.50. The Morgan fingerprint density at radius 3 is 2.64 bits per heavy atom. The van der Waals surface area contributed by atoms with Crippen LogP contribution in [0.1, 0.15) is 26.5 Å². The molecule has 0 amide bonds. The van der Waals surface area contributed by atoms with E-state index in [9.17, 15) is 0 Å². The minimum atomic E-state index is 0.136. The minimum absolute atomic E-state index is 0.136. The summed E-state index contributed by atoms with van der Waals surface area (Å²) in [4.78, 5) is 4.53. The molecule has 2 aromatic heterocycles. The topological polar surface area (TPSA) is 17.3 Å². The summed E-state index contributed by atoms with van der Waals surface area (Å²) in [6.45, 7) is 6.64. The van der Waals surface area contributed by atoms with Gasteiger partial charge in [0.25, 0.3) is 0 Å². The van der Waals surface area contributed by atoms with Crippen LogP contribution in [0.2, 0.25) is 0 Å². The Bertz CT molecular complexity index is 466.